The van der Waals surface area contributed by atoms with E-state index in [2.05, 4.69) is 57.9 Å². The van der Waals surface area contributed by atoms with Gasteiger partial charge in [0, 0.05) is 38.6 Å². The van der Waals surface area contributed by atoms with Crippen molar-refractivity contribution in [2.24, 2.45) is 7.05 Å². The topological polar surface area (TPSA) is 14.2 Å². The van der Waals surface area contributed by atoms with Gasteiger partial charge in [-0.2, -0.15) is 0 Å². The first-order chi connectivity index (χ1) is 10.2. The molecule has 0 saturated carbocycles. The first kappa shape index (κ1) is 13.3. The monoisotopic (exact) mass is 359 g/mol. The van der Waals surface area contributed by atoms with E-state index >= 15 is 0 Å². The van der Waals surface area contributed by atoms with E-state index in [1.807, 2.05) is 17.8 Å². The van der Waals surface area contributed by atoms with Gasteiger partial charge in [0.25, 0.3) is 0 Å². The number of aromatic nitrogens is 1. The molecule has 2 nitrogen and oxygen atoms in total. The van der Waals surface area contributed by atoms with Crippen LogP contribution in [0.15, 0.2) is 45.8 Å². The predicted octanol–water partition coefficient (Wildman–Crippen LogP) is 5.22. The summed E-state index contributed by atoms with van der Waals surface area (Å²) in [5.41, 5.74) is 5.32. The second-order valence-electron chi connectivity index (χ2n) is 5.20. The van der Waals surface area contributed by atoms with E-state index in [9.17, 15) is 0 Å². The average molecular weight is 360 g/mol. The van der Waals surface area contributed by atoms with Crippen molar-refractivity contribution in [3.8, 4) is 17.0 Å². The number of benzene rings is 2. The fraction of sp³-hybridized carbons (Fsp3) is 0.176. The van der Waals surface area contributed by atoms with Crippen LogP contribution >= 0.6 is 27.7 Å². The van der Waals surface area contributed by atoms with E-state index in [4.69, 9.17) is 4.74 Å². The third kappa shape index (κ3) is 1.93. The quantitative estimate of drug-likeness (QED) is 0.591. The largest absolute Gasteiger partial charge is 0.497 e. The molecule has 106 valence electrons. The van der Waals surface area contributed by atoms with E-state index in [-0.39, 0.29) is 0 Å². The number of fused-ring (bicyclic) bond motifs is 5. The van der Waals surface area contributed by atoms with Crippen molar-refractivity contribution in [2.75, 3.05) is 7.11 Å². The standard InChI is InChI=1S/C17H14BrNOS/c1-19-15-6-4-11(20-2)8-13(15)14-9-21-16-7-10(18)3-5-12(16)17(14)19/h3-8H,9H2,1-2H3. The van der Waals surface area contributed by atoms with Crippen LogP contribution in [0.2, 0.25) is 0 Å². The maximum Gasteiger partial charge on any atom is 0.119 e. The molecule has 0 atom stereocenters. The molecule has 2 heterocycles. The lowest BCUT2D eigenvalue weighted by atomic mass is 10.1. The highest BCUT2D eigenvalue weighted by atomic mass is 79.9. The maximum atomic E-state index is 5.39. The molecule has 0 saturated heterocycles. The summed E-state index contributed by atoms with van der Waals surface area (Å²) in [7, 11) is 3.87. The molecular weight excluding hydrogens is 346 g/mol. The SMILES string of the molecule is COc1ccc2c(c1)c1c(n2C)-c2ccc(Br)cc2SC1. The maximum absolute atomic E-state index is 5.39. The molecule has 1 aliphatic rings. The first-order valence-corrected chi connectivity index (χ1v) is 8.55. The second-order valence-corrected chi connectivity index (χ2v) is 7.13. The van der Waals surface area contributed by atoms with Crippen molar-refractivity contribution in [1.82, 2.24) is 4.57 Å². The third-order valence-electron chi connectivity index (χ3n) is 4.08. The van der Waals surface area contributed by atoms with Crippen molar-refractivity contribution in [3.05, 3.63) is 46.4 Å². The highest BCUT2D eigenvalue weighted by Crippen LogP contribution is 2.46. The van der Waals surface area contributed by atoms with Gasteiger partial charge >= 0.3 is 0 Å². The lowest BCUT2D eigenvalue weighted by Crippen LogP contribution is -1.99. The zero-order valence-corrected chi connectivity index (χ0v) is 14.2. The van der Waals surface area contributed by atoms with Gasteiger partial charge in [0.05, 0.1) is 12.8 Å². The van der Waals surface area contributed by atoms with Crippen LogP contribution in [-0.2, 0) is 12.8 Å². The minimum Gasteiger partial charge on any atom is -0.497 e. The van der Waals surface area contributed by atoms with Gasteiger partial charge in [-0.25, -0.2) is 0 Å². The van der Waals surface area contributed by atoms with Gasteiger partial charge in [-0.05, 0) is 35.9 Å². The van der Waals surface area contributed by atoms with Gasteiger partial charge in [0.15, 0.2) is 0 Å². The molecule has 0 bridgehead atoms. The van der Waals surface area contributed by atoms with Crippen molar-refractivity contribution < 1.29 is 4.74 Å². The Morgan fingerprint density at radius 3 is 2.86 bits per heavy atom. The molecule has 1 aliphatic heterocycles. The van der Waals surface area contributed by atoms with E-state index in [1.54, 1.807) is 7.11 Å². The molecular formula is C17H14BrNOS. The summed E-state index contributed by atoms with van der Waals surface area (Å²) in [6.45, 7) is 0. The fourth-order valence-electron chi connectivity index (χ4n) is 3.08. The Bertz CT molecular complexity index is 869. The van der Waals surface area contributed by atoms with Crippen LogP contribution in [0.1, 0.15) is 5.56 Å². The summed E-state index contributed by atoms with van der Waals surface area (Å²) in [5.74, 6) is 1.92. The van der Waals surface area contributed by atoms with Crippen LogP contribution in [0, 0.1) is 0 Å². The van der Waals surface area contributed by atoms with Crippen LogP contribution in [0.3, 0.4) is 0 Å². The highest BCUT2D eigenvalue weighted by Gasteiger charge is 2.23. The Morgan fingerprint density at radius 1 is 1.19 bits per heavy atom. The molecule has 2 aromatic carbocycles. The molecule has 1 aromatic heterocycles. The van der Waals surface area contributed by atoms with Gasteiger partial charge in [-0.1, -0.05) is 22.0 Å². The lowest BCUT2D eigenvalue weighted by Gasteiger charge is -2.18. The molecule has 21 heavy (non-hydrogen) atoms. The number of hydrogen-bond acceptors (Lipinski definition) is 2. The van der Waals surface area contributed by atoms with E-state index < -0.39 is 0 Å². The summed E-state index contributed by atoms with van der Waals surface area (Å²) >= 11 is 5.47. The van der Waals surface area contributed by atoms with E-state index in [0.29, 0.717) is 0 Å². The van der Waals surface area contributed by atoms with Gasteiger partial charge in [-0.15, -0.1) is 11.8 Å². The molecule has 0 unspecified atom stereocenters. The average Bonchev–Trinajstić information content (AvgIpc) is 2.79. The number of rotatable bonds is 1. The van der Waals surface area contributed by atoms with Crippen LogP contribution in [0.4, 0.5) is 0 Å². The zero-order valence-electron chi connectivity index (χ0n) is 11.8. The number of ether oxygens (including phenoxy) is 1. The van der Waals surface area contributed by atoms with Crippen molar-refractivity contribution in [3.63, 3.8) is 0 Å². The summed E-state index contributed by atoms with van der Waals surface area (Å²) in [6.07, 6.45) is 0. The third-order valence-corrected chi connectivity index (χ3v) is 5.66. The van der Waals surface area contributed by atoms with Gasteiger partial charge in [0.1, 0.15) is 5.75 Å². The van der Waals surface area contributed by atoms with Gasteiger partial charge in [-0.3, -0.25) is 0 Å². The minimum atomic E-state index is 0.919. The van der Waals surface area contributed by atoms with Gasteiger partial charge in [0.2, 0.25) is 0 Å². The van der Waals surface area contributed by atoms with Crippen molar-refractivity contribution in [1.29, 1.82) is 0 Å². The predicted molar refractivity (Wildman–Crippen MR) is 92.2 cm³/mol. The number of hydrogen-bond donors (Lipinski definition) is 0. The molecule has 3 aromatic rings. The summed E-state index contributed by atoms with van der Waals surface area (Å²) in [5, 5.41) is 1.30. The number of thioether (sulfide) groups is 1. The molecule has 0 spiro atoms. The number of nitrogens with zero attached hydrogens (tertiary/aromatic N) is 1. The van der Waals surface area contributed by atoms with Crippen LogP contribution in [0.25, 0.3) is 22.2 Å². The van der Waals surface area contributed by atoms with Crippen LogP contribution in [-0.4, -0.2) is 11.7 Å². The molecule has 0 amide bonds. The molecule has 0 fully saturated rings. The summed E-state index contributed by atoms with van der Waals surface area (Å²) in [4.78, 5) is 1.34. The highest BCUT2D eigenvalue weighted by molar-refractivity contribution is 9.10. The van der Waals surface area contributed by atoms with Crippen LogP contribution < -0.4 is 4.74 Å². The van der Waals surface area contributed by atoms with Gasteiger partial charge < -0.3 is 9.30 Å². The molecule has 0 N–H and O–H groups in total. The van der Waals surface area contributed by atoms with E-state index in [0.717, 1.165) is 16.0 Å². The Morgan fingerprint density at radius 2 is 2.05 bits per heavy atom. The molecule has 4 heteroatoms. The zero-order chi connectivity index (χ0) is 14.6. The van der Waals surface area contributed by atoms with Crippen LogP contribution in [0.5, 0.6) is 5.75 Å². The lowest BCUT2D eigenvalue weighted by molar-refractivity contribution is 0.415. The Balaban J connectivity index is 2.06. The first-order valence-electron chi connectivity index (χ1n) is 6.77. The number of aryl methyl sites for hydroxylation is 1. The molecule has 4 rings (SSSR count). The molecule has 0 aliphatic carbocycles. The number of halogens is 1. The van der Waals surface area contributed by atoms with Crippen molar-refractivity contribution >= 4 is 38.6 Å². The fourth-order valence-corrected chi connectivity index (χ4v) is 4.71. The molecule has 0 radical (unpaired) electrons. The second kappa shape index (κ2) is 4.82. The minimum absolute atomic E-state index is 0.919. The Kier molecular flexibility index (Phi) is 3.05. The summed E-state index contributed by atoms with van der Waals surface area (Å²) in [6, 6.07) is 12.9. The normalized spacial score (nSPS) is 13.1. The Hall–Kier alpha value is -1.39. The van der Waals surface area contributed by atoms with E-state index in [1.165, 1.54) is 32.6 Å². The number of methoxy groups -OCH3 is 1. The Labute approximate surface area is 136 Å². The van der Waals surface area contributed by atoms with Crippen molar-refractivity contribution in [2.45, 2.75) is 10.6 Å². The summed E-state index contributed by atoms with van der Waals surface area (Å²) < 4.78 is 8.82. The smallest absolute Gasteiger partial charge is 0.119 e.